The van der Waals surface area contributed by atoms with Gasteiger partial charge in [-0.3, -0.25) is 0 Å². The Hall–Kier alpha value is -0.830. The van der Waals surface area contributed by atoms with Gasteiger partial charge in [-0.25, -0.2) is 4.98 Å². The van der Waals surface area contributed by atoms with E-state index in [0.29, 0.717) is 6.54 Å². The fraction of sp³-hybridized carbons (Fsp3) is 0.667. The number of hydrogen-bond acceptors (Lipinski definition) is 3. The van der Waals surface area contributed by atoms with Crippen LogP contribution in [0.2, 0.25) is 0 Å². The zero-order valence-corrected chi connectivity index (χ0v) is 7.76. The van der Waals surface area contributed by atoms with Gasteiger partial charge in [0.25, 0.3) is 0 Å². The Morgan fingerprint density at radius 1 is 1.50 bits per heavy atom. The van der Waals surface area contributed by atoms with Gasteiger partial charge in [-0.1, -0.05) is 6.92 Å². The molecule has 0 aromatic carbocycles. The predicted octanol–water partition coefficient (Wildman–Crippen LogP) is 1.44. The lowest BCUT2D eigenvalue weighted by atomic mass is 10.3. The smallest absolute Gasteiger partial charge is 0.194 e. The third-order valence-corrected chi connectivity index (χ3v) is 1.85. The second-order valence-corrected chi connectivity index (χ2v) is 2.86. The topological polar surface area (TPSA) is 52.0 Å². The Balaban J connectivity index is 2.62. The first-order valence-electron chi connectivity index (χ1n) is 4.43. The molecule has 3 heteroatoms. The first-order valence-corrected chi connectivity index (χ1v) is 4.43. The lowest BCUT2D eigenvalue weighted by molar-refractivity contribution is 0.453. The Morgan fingerprint density at radius 3 is 2.75 bits per heavy atom. The molecule has 0 atom stereocenters. The third-order valence-electron chi connectivity index (χ3n) is 1.85. The molecule has 68 valence electrons. The molecule has 0 aliphatic carbocycles. The fourth-order valence-corrected chi connectivity index (χ4v) is 1.18. The SMILES string of the molecule is CCc1oc(CCCN)nc1C. The minimum Gasteiger partial charge on any atom is -0.445 e. The van der Waals surface area contributed by atoms with Crippen LogP contribution < -0.4 is 5.73 Å². The van der Waals surface area contributed by atoms with E-state index in [1.807, 2.05) is 6.92 Å². The molecule has 0 bridgehead atoms. The maximum absolute atomic E-state index is 5.50. The molecular formula is C9H16N2O. The number of rotatable bonds is 4. The van der Waals surface area contributed by atoms with Gasteiger partial charge in [0.05, 0.1) is 5.69 Å². The minimum atomic E-state index is 0.697. The van der Waals surface area contributed by atoms with Crippen molar-refractivity contribution in [2.45, 2.75) is 33.1 Å². The van der Waals surface area contributed by atoms with Crippen molar-refractivity contribution in [3.8, 4) is 0 Å². The van der Waals surface area contributed by atoms with Crippen molar-refractivity contribution in [3.05, 3.63) is 17.3 Å². The van der Waals surface area contributed by atoms with E-state index in [-0.39, 0.29) is 0 Å². The van der Waals surface area contributed by atoms with E-state index in [0.717, 1.165) is 36.6 Å². The molecule has 0 saturated heterocycles. The van der Waals surface area contributed by atoms with Gasteiger partial charge in [0.15, 0.2) is 5.89 Å². The summed E-state index contributed by atoms with van der Waals surface area (Å²) in [6, 6.07) is 0. The Kier molecular flexibility index (Phi) is 3.29. The highest BCUT2D eigenvalue weighted by Crippen LogP contribution is 2.11. The molecule has 0 unspecified atom stereocenters. The molecule has 12 heavy (non-hydrogen) atoms. The van der Waals surface area contributed by atoms with Crippen LogP contribution in [0.15, 0.2) is 4.42 Å². The van der Waals surface area contributed by atoms with Gasteiger partial charge in [-0.15, -0.1) is 0 Å². The summed E-state index contributed by atoms with van der Waals surface area (Å²) >= 11 is 0. The highest BCUT2D eigenvalue weighted by molar-refractivity contribution is 5.07. The molecule has 0 aliphatic rings. The van der Waals surface area contributed by atoms with Gasteiger partial charge >= 0.3 is 0 Å². The summed E-state index contributed by atoms with van der Waals surface area (Å²) in [4.78, 5) is 4.30. The van der Waals surface area contributed by atoms with E-state index in [2.05, 4.69) is 11.9 Å². The van der Waals surface area contributed by atoms with Gasteiger partial charge in [0.2, 0.25) is 0 Å². The monoisotopic (exact) mass is 168 g/mol. The molecule has 0 radical (unpaired) electrons. The molecule has 0 amide bonds. The van der Waals surface area contributed by atoms with E-state index < -0.39 is 0 Å². The number of nitrogens with zero attached hydrogens (tertiary/aromatic N) is 1. The summed E-state index contributed by atoms with van der Waals surface area (Å²) in [5.41, 5.74) is 6.40. The summed E-state index contributed by atoms with van der Waals surface area (Å²) in [5, 5.41) is 0. The summed E-state index contributed by atoms with van der Waals surface area (Å²) in [7, 11) is 0. The number of hydrogen-bond donors (Lipinski definition) is 1. The summed E-state index contributed by atoms with van der Waals surface area (Å²) in [6.07, 6.45) is 2.72. The molecule has 1 rings (SSSR count). The van der Waals surface area contributed by atoms with E-state index in [4.69, 9.17) is 10.2 Å². The van der Waals surface area contributed by atoms with Crippen LogP contribution in [0.4, 0.5) is 0 Å². The van der Waals surface area contributed by atoms with Crippen molar-refractivity contribution in [1.29, 1.82) is 0 Å². The summed E-state index contributed by atoms with van der Waals surface area (Å²) in [6.45, 7) is 4.75. The maximum atomic E-state index is 5.50. The zero-order chi connectivity index (χ0) is 8.97. The Labute approximate surface area is 73.0 Å². The third kappa shape index (κ3) is 2.08. The quantitative estimate of drug-likeness (QED) is 0.740. The molecule has 0 aliphatic heterocycles. The zero-order valence-electron chi connectivity index (χ0n) is 7.76. The largest absolute Gasteiger partial charge is 0.445 e. The van der Waals surface area contributed by atoms with E-state index in [1.54, 1.807) is 0 Å². The van der Waals surface area contributed by atoms with Crippen LogP contribution in [0, 0.1) is 6.92 Å². The second-order valence-electron chi connectivity index (χ2n) is 2.86. The molecule has 1 aromatic heterocycles. The van der Waals surface area contributed by atoms with Gasteiger partial charge < -0.3 is 10.2 Å². The predicted molar refractivity (Wildman–Crippen MR) is 48.0 cm³/mol. The fourth-order valence-electron chi connectivity index (χ4n) is 1.18. The van der Waals surface area contributed by atoms with Crippen molar-refractivity contribution in [2.24, 2.45) is 5.73 Å². The standard InChI is InChI=1S/C9H16N2O/c1-3-8-7(2)11-9(12-8)5-4-6-10/h3-6,10H2,1-2H3. The van der Waals surface area contributed by atoms with Gasteiger partial charge in [0.1, 0.15) is 5.76 Å². The molecular weight excluding hydrogens is 152 g/mol. The van der Waals surface area contributed by atoms with Crippen LogP contribution in [0.3, 0.4) is 0 Å². The summed E-state index contributed by atoms with van der Waals surface area (Å²) in [5.74, 6) is 1.83. The molecule has 0 fully saturated rings. The van der Waals surface area contributed by atoms with Crippen LogP contribution in [0.25, 0.3) is 0 Å². The number of aryl methyl sites for hydroxylation is 3. The van der Waals surface area contributed by atoms with Gasteiger partial charge in [-0.05, 0) is 19.9 Å². The highest BCUT2D eigenvalue weighted by Gasteiger charge is 2.06. The molecule has 0 saturated carbocycles. The molecule has 3 nitrogen and oxygen atoms in total. The van der Waals surface area contributed by atoms with E-state index in [1.165, 1.54) is 0 Å². The Bertz CT molecular complexity index is 243. The van der Waals surface area contributed by atoms with Crippen LogP contribution in [-0.2, 0) is 12.8 Å². The maximum Gasteiger partial charge on any atom is 0.194 e. The second kappa shape index (κ2) is 4.26. The average molecular weight is 168 g/mol. The van der Waals surface area contributed by atoms with Crippen LogP contribution in [-0.4, -0.2) is 11.5 Å². The van der Waals surface area contributed by atoms with Crippen molar-refractivity contribution < 1.29 is 4.42 Å². The van der Waals surface area contributed by atoms with Crippen molar-refractivity contribution in [3.63, 3.8) is 0 Å². The highest BCUT2D eigenvalue weighted by atomic mass is 16.4. The van der Waals surface area contributed by atoms with Gasteiger partial charge in [-0.2, -0.15) is 0 Å². The molecule has 2 N–H and O–H groups in total. The van der Waals surface area contributed by atoms with Crippen molar-refractivity contribution in [2.75, 3.05) is 6.54 Å². The summed E-state index contributed by atoms with van der Waals surface area (Å²) < 4.78 is 5.50. The molecule has 0 spiro atoms. The number of aromatic nitrogens is 1. The molecule has 1 aromatic rings. The van der Waals surface area contributed by atoms with Crippen molar-refractivity contribution in [1.82, 2.24) is 4.98 Å². The average Bonchev–Trinajstić information content (AvgIpc) is 2.43. The minimum absolute atomic E-state index is 0.697. The Morgan fingerprint density at radius 2 is 2.25 bits per heavy atom. The van der Waals surface area contributed by atoms with Crippen LogP contribution in [0.1, 0.15) is 30.7 Å². The first kappa shape index (κ1) is 9.26. The van der Waals surface area contributed by atoms with Gasteiger partial charge in [0, 0.05) is 12.8 Å². The van der Waals surface area contributed by atoms with Crippen LogP contribution in [0.5, 0.6) is 0 Å². The molecule has 1 heterocycles. The normalized spacial score (nSPS) is 10.6. The van der Waals surface area contributed by atoms with Crippen LogP contribution >= 0.6 is 0 Å². The number of nitrogens with two attached hydrogens (primary N) is 1. The van der Waals surface area contributed by atoms with Crippen molar-refractivity contribution >= 4 is 0 Å². The van der Waals surface area contributed by atoms with E-state index >= 15 is 0 Å². The lowest BCUT2D eigenvalue weighted by Gasteiger charge is -1.90. The lowest BCUT2D eigenvalue weighted by Crippen LogP contribution is -2.00. The first-order chi connectivity index (χ1) is 5.77. The van der Waals surface area contributed by atoms with E-state index in [9.17, 15) is 0 Å². The number of oxazole rings is 1.